The highest BCUT2D eigenvalue weighted by atomic mass is 35.5. The minimum absolute atomic E-state index is 0. The van der Waals surface area contributed by atoms with Crippen LogP contribution in [0.25, 0.3) is 0 Å². The van der Waals surface area contributed by atoms with Crippen LogP contribution in [0.3, 0.4) is 0 Å². The Morgan fingerprint density at radius 3 is 2.57 bits per heavy atom. The summed E-state index contributed by atoms with van der Waals surface area (Å²) in [5, 5.41) is 3.44. The third-order valence-corrected chi connectivity index (χ3v) is 3.78. The predicted octanol–water partition coefficient (Wildman–Crippen LogP) is 3.08. The van der Waals surface area contributed by atoms with Crippen LogP contribution in [-0.4, -0.2) is 37.3 Å². The molecule has 3 rings (SSSR count). The van der Waals surface area contributed by atoms with Crippen LogP contribution in [0, 0.1) is 0 Å². The number of nitrogens with one attached hydrogen (secondary N) is 1. The van der Waals surface area contributed by atoms with Crippen LogP contribution >= 0.6 is 37.2 Å². The maximum atomic E-state index is 5.84. The molecule has 2 fully saturated rings. The van der Waals surface area contributed by atoms with Crippen LogP contribution in [0.2, 0.25) is 0 Å². The summed E-state index contributed by atoms with van der Waals surface area (Å²) >= 11 is 0. The number of nitrogens with zero attached hydrogens (tertiary/aromatic N) is 2. The van der Waals surface area contributed by atoms with Crippen molar-refractivity contribution in [3.8, 4) is 5.75 Å². The molecular weight excluding hydrogens is 333 g/mol. The van der Waals surface area contributed by atoms with Crippen molar-refractivity contribution >= 4 is 42.9 Å². The van der Waals surface area contributed by atoms with Gasteiger partial charge in [-0.25, -0.2) is 0 Å². The second-order valence-electron chi connectivity index (χ2n) is 5.18. The second-order valence-corrected chi connectivity index (χ2v) is 5.18. The fraction of sp³-hybridized carbons (Fsp3) is 0.643. The Morgan fingerprint density at radius 1 is 1.14 bits per heavy atom. The largest absolute Gasteiger partial charge is 0.490 e. The highest BCUT2D eigenvalue weighted by molar-refractivity contribution is 5.86. The second kappa shape index (κ2) is 10.3. The van der Waals surface area contributed by atoms with Gasteiger partial charge in [0, 0.05) is 25.2 Å². The number of halogens is 3. The normalized spacial score (nSPS) is 20.2. The Hall–Kier alpha value is -0.420. The third-order valence-electron chi connectivity index (χ3n) is 3.78. The summed E-state index contributed by atoms with van der Waals surface area (Å²) in [5.74, 6) is 0.896. The van der Waals surface area contributed by atoms with Crippen LogP contribution in [0.4, 0.5) is 5.69 Å². The highest BCUT2D eigenvalue weighted by Crippen LogP contribution is 2.23. The van der Waals surface area contributed by atoms with Gasteiger partial charge in [-0.05, 0) is 32.2 Å². The lowest BCUT2D eigenvalue weighted by Gasteiger charge is -2.18. The van der Waals surface area contributed by atoms with E-state index in [1.807, 2.05) is 12.4 Å². The smallest absolute Gasteiger partial charge is 0.139 e. The zero-order chi connectivity index (χ0) is 12.2. The first-order valence-electron chi connectivity index (χ1n) is 6.98. The SMILES string of the molecule is Cl.Cl.Cl.c1ncc(N2CCCC2)cc1OC[C@@H]1CCCN1. The summed E-state index contributed by atoms with van der Waals surface area (Å²) in [6.07, 6.45) is 8.81. The van der Waals surface area contributed by atoms with Crippen molar-refractivity contribution in [2.45, 2.75) is 31.7 Å². The summed E-state index contributed by atoms with van der Waals surface area (Å²) < 4.78 is 5.84. The number of aromatic nitrogens is 1. The topological polar surface area (TPSA) is 37.4 Å². The van der Waals surface area contributed by atoms with Gasteiger partial charge >= 0.3 is 0 Å². The van der Waals surface area contributed by atoms with E-state index in [9.17, 15) is 0 Å². The van der Waals surface area contributed by atoms with E-state index in [2.05, 4.69) is 21.3 Å². The third kappa shape index (κ3) is 5.70. The molecule has 21 heavy (non-hydrogen) atoms. The molecule has 7 heteroatoms. The fourth-order valence-electron chi connectivity index (χ4n) is 2.73. The molecule has 2 aliphatic heterocycles. The number of hydrogen-bond acceptors (Lipinski definition) is 4. The molecule has 0 radical (unpaired) electrons. The van der Waals surface area contributed by atoms with Gasteiger partial charge in [0.1, 0.15) is 12.4 Å². The van der Waals surface area contributed by atoms with E-state index >= 15 is 0 Å². The molecule has 1 aromatic heterocycles. The molecule has 0 unspecified atom stereocenters. The summed E-state index contributed by atoms with van der Waals surface area (Å²) in [7, 11) is 0. The lowest BCUT2D eigenvalue weighted by atomic mass is 10.2. The first kappa shape index (κ1) is 20.6. The maximum Gasteiger partial charge on any atom is 0.139 e. The summed E-state index contributed by atoms with van der Waals surface area (Å²) in [6.45, 7) is 4.18. The van der Waals surface area contributed by atoms with E-state index in [0.29, 0.717) is 6.04 Å². The molecule has 0 amide bonds. The van der Waals surface area contributed by atoms with Crippen molar-refractivity contribution in [3.05, 3.63) is 18.5 Å². The highest BCUT2D eigenvalue weighted by Gasteiger charge is 2.16. The van der Waals surface area contributed by atoms with Gasteiger partial charge in [0.15, 0.2) is 0 Å². The van der Waals surface area contributed by atoms with Gasteiger partial charge in [-0.3, -0.25) is 4.98 Å². The average molecular weight is 357 g/mol. The Labute approximate surface area is 145 Å². The van der Waals surface area contributed by atoms with Crippen LogP contribution in [0.1, 0.15) is 25.7 Å². The summed E-state index contributed by atoms with van der Waals surface area (Å²) in [5.41, 5.74) is 1.20. The number of rotatable bonds is 4. The minimum Gasteiger partial charge on any atom is -0.490 e. The van der Waals surface area contributed by atoms with Crippen molar-refractivity contribution < 1.29 is 4.74 Å². The molecule has 0 aliphatic carbocycles. The van der Waals surface area contributed by atoms with Crippen molar-refractivity contribution in [3.63, 3.8) is 0 Å². The molecule has 0 bridgehead atoms. The number of anilines is 1. The van der Waals surface area contributed by atoms with E-state index in [-0.39, 0.29) is 37.2 Å². The van der Waals surface area contributed by atoms with Crippen molar-refractivity contribution in [1.82, 2.24) is 10.3 Å². The van der Waals surface area contributed by atoms with Gasteiger partial charge in [-0.15, -0.1) is 37.2 Å². The first-order valence-corrected chi connectivity index (χ1v) is 6.98. The Balaban J connectivity index is 0.00000133. The van der Waals surface area contributed by atoms with E-state index in [1.54, 1.807) is 0 Å². The van der Waals surface area contributed by atoms with E-state index in [1.165, 1.54) is 31.4 Å². The number of pyridine rings is 1. The van der Waals surface area contributed by atoms with E-state index in [4.69, 9.17) is 4.74 Å². The monoisotopic (exact) mass is 355 g/mol. The van der Waals surface area contributed by atoms with Gasteiger partial charge in [-0.1, -0.05) is 0 Å². The standard InChI is InChI=1S/C14H21N3O.3ClH/c1-2-7-17(6-1)13-8-14(10-15-9-13)18-11-12-4-3-5-16-12;;;/h8-10,12,16H,1-7,11H2;3*1H/t12-;;;/m0.../s1. The van der Waals surface area contributed by atoms with Gasteiger partial charge in [0.2, 0.25) is 0 Å². The fourth-order valence-corrected chi connectivity index (χ4v) is 2.73. The van der Waals surface area contributed by atoms with E-state index < -0.39 is 0 Å². The zero-order valence-electron chi connectivity index (χ0n) is 12.0. The van der Waals surface area contributed by atoms with Crippen LogP contribution in [0.5, 0.6) is 5.75 Å². The lowest BCUT2D eigenvalue weighted by molar-refractivity contribution is 0.276. The van der Waals surface area contributed by atoms with Gasteiger partial charge in [0.05, 0.1) is 18.1 Å². The molecule has 0 aromatic carbocycles. The Bertz CT molecular complexity index is 397. The van der Waals surface area contributed by atoms with Crippen molar-refractivity contribution in [2.24, 2.45) is 0 Å². The molecule has 2 saturated heterocycles. The first-order chi connectivity index (χ1) is 8.92. The minimum atomic E-state index is 0. The predicted molar refractivity (Wildman–Crippen MR) is 93.9 cm³/mol. The average Bonchev–Trinajstić information content (AvgIpc) is 3.10. The summed E-state index contributed by atoms with van der Waals surface area (Å²) in [6, 6.07) is 2.63. The Kier molecular flexibility index (Phi) is 10.1. The molecule has 1 aromatic rings. The number of hydrogen-bond donors (Lipinski definition) is 1. The van der Waals surface area contributed by atoms with E-state index in [0.717, 1.165) is 32.0 Å². The molecule has 0 spiro atoms. The van der Waals surface area contributed by atoms with Crippen LogP contribution < -0.4 is 15.0 Å². The van der Waals surface area contributed by atoms with Gasteiger partial charge < -0.3 is 15.0 Å². The molecule has 122 valence electrons. The molecular formula is C14H24Cl3N3O. The zero-order valence-corrected chi connectivity index (χ0v) is 14.4. The Morgan fingerprint density at radius 2 is 1.90 bits per heavy atom. The van der Waals surface area contributed by atoms with Crippen LogP contribution in [-0.2, 0) is 0 Å². The van der Waals surface area contributed by atoms with Crippen LogP contribution in [0.15, 0.2) is 18.5 Å². The molecule has 1 N–H and O–H groups in total. The van der Waals surface area contributed by atoms with Gasteiger partial charge in [-0.2, -0.15) is 0 Å². The molecule has 3 heterocycles. The number of ether oxygens (including phenoxy) is 1. The maximum absolute atomic E-state index is 5.84. The molecule has 0 saturated carbocycles. The van der Waals surface area contributed by atoms with Gasteiger partial charge in [0.25, 0.3) is 0 Å². The molecule has 2 aliphatic rings. The van der Waals surface area contributed by atoms with Crippen molar-refractivity contribution in [1.29, 1.82) is 0 Å². The van der Waals surface area contributed by atoms with Crippen molar-refractivity contribution in [2.75, 3.05) is 31.1 Å². The summed E-state index contributed by atoms with van der Waals surface area (Å²) in [4.78, 5) is 6.67. The quantitative estimate of drug-likeness (QED) is 0.899. The molecule has 1 atom stereocenters. The molecule has 4 nitrogen and oxygen atoms in total. The lowest BCUT2D eigenvalue weighted by Crippen LogP contribution is -2.28.